The number of hydrogen-bond donors (Lipinski definition) is 1. The molecule has 1 aliphatic carbocycles. The van der Waals surface area contributed by atoms with E-state index < -0.39 is 0 Å². The van der Waals surface area contributed by atoms with Crippen LogP contribution in [0.1, 0.15) is 32.6 Å². The van der Waals surface area contributed by atoms with Crippen LogP contribution in [-0.4, -0.2) is 36.6 Å². The second kappa shape index (κ2) is 5.13. The molecule has 1 N–H and O–H groups in total. The second-order valence-electron chi connectivity index (χ2n) is 5.04. The summed E-state index contributed by atoms with van der Waals surface area (Å²) in [5.41, 5.74) is 0. The third-order valence-corrected chi connectivity index (χ3v) is 3.71. The number of piperazine rings is 1. The third kappa shape index (κ3) is 2.82. The van der Waals surface area contributed by atoms with Crippen LogP contribution in [0.2, 0.25) is 0 Å². The van der Waals surface area contributed by atoms with Crippen LogP contribution in [-0.2, 0) is 0 Å². The van der Waals surface area contributed by atoms with Crippen molar-refractivity contribution in [2.75, 3.05) is 19.6 Å². The van der Waals surface area contributed by atoms with Crippen molar-refractivity contribution >= 4 is 0 Å². The van der Waals surface area contributed by atoms with Gasteiger partial charge in [-0.1, -0.05) is 19.4 Å². The van der Waals surface area contributed by atoms with E-state index in [9.17, 15) is 0 Å². The van der Waals surface area contributed by atoms with Crippen LogP contribution in [0.4, 0.5) is 0 Å². The topological polar surface area (TPSA) is 15.3 Å². The molecule has 0 amide bonds. The van der Waals surface area contributed by atoms with Gasteiger partial charge in [0.05, 0.1) is 0 Å². The molecule has 0 radical (unpaired) electrons. The molecule has 1 aliphatic heterocycles. The molecule has 1 heterocycles. The summed E-state index contributed by atoms with van der Waals surface area (Å²) < 4.78 is 0. The van der Waals surface area contributed by atoms with Gasteiger partial charge in [-0.15, -0.1) is 6.58 Å². The molecule has 0 bridgehead atoms. The lowest BCUT2D eigenvalue weighted by Gasteiger charge is -2.40. The van der Waals surface area contributed by atoms with Crippen LogP contribution in [0.3, 0.4) is 0 Å². The first kappa shape index (κ1) is 11.2. The van der Waals surface area contributed by atoms with E-state index in [1.54, 1.807) is 0 Å². The monoisotopic (exact) mass is 208 g/mol. The maximum Gasteiger partial charge on any atom is 0.0252 e. The van der Waals surface area contributed by atoms with E-state index in [4.69, 9.17) is 0 Å². The molecular formula is C13H24N2. The highest BCUT2D eigenvalue weighted by atomic mass is 15.2. The summed E-state index contributed by atoms with van der Waals surface area (Å²) in [7, 11) is 0. The van der Waals surface area contributed by atoms with Crippen LogP contribution < -0.4 is 5.32 Å². The van der Waals surface area contributed by atoms with Crippen molar-refractivity contribution in [1.82, 2.24) is 10.2 Å². The van der Waals surface area contributed by atoms with Gasteiger partial charge in [0, 0.05) is 31.7 Å². The molecule has 2 atom stereocenters. The Bertz CT molecular complexity index is 211. The standard InChI is InChI=1S/C13H24N2/c1-3-5-12-10-15(8-4-2)13(9-14-12)11-6-7-11/h4,11-14H,2-3,5-10H2,1H3. The summed E-state index contributed by atoms with van der Waals surface area (Å²) in [6, 6.07) is 1.50. The Morgan fingerprint density at radius 2 is 2.27 bits per heavy atom. The Balaban J connectivity index is 1.88. The van der Waals surface area contributed by atoms with Gasteiger partial charge in [-0.3, -0.25) is 4.90 Å². The van der Waals surface area contributed by atoms with E-state index in [1.807, 2.05) is 0 Å². The summed E-state index contributed by atoms with van der Waals surface area (Å²) in [6.45, 7) is 9.64. The second-order valence-corrected chi connectivity index (χ2v) is 5.04. The zero-order valence-electron chi connectivity index (χ0n) is 9.91. The summed E-state index contributed by atoms with van der Waals surface area (Å²) >= 11 is 0. The molecular weight excluding hydrogens is 184 g/mol. The molecule has 2 heteroatoms. The molecule has 1 saturated heterocycles. The summed E-state index contributed by atoms with van der Waals surface area (Å²) in [5.74, 6) is 0.972. The maximum atomic E-state index is 3.88. The highest BCUT2D eigenvalue weighted by molar-refractivity contribution is 4.96. The highest BCUT2D eigenvalue weighted by Crippen LogP contribution is 2.36. The molecule has 0 aromatic rings. The van der Waals surface area contributed by atoms with Crippen molar-refractivity contribution < 1.29 is 0 Å². The van der Waals surface area contributed by atoms with Crippen LogP contribution in [0, 0.1) is 5.92 Å². The number of nitrogens with one attached hydrogen (secondary N) is 1. The lowest BCUT2D eigenvalue weighted by molar-refractivity contribution is 0.125. The summed E-state index contributed by atoms with van der Waals surface area (Å²) in [4.78, 5) is 2.64. The Kier molecular flexibility index (Phi) is 3.81. The van der Waals surface area contributed by atoms with E-state index in [-0.39, 0.29) is 0 Å². The zero-order valence-corrected chi connectivity index (χ0v) is 9.91. The van der Waals surface area contributed by atoms with Crippen molar-refractivity contribution in [1.29, 1.82) is 0 Å². The van der Waals surface area contributed by atoms with Gasteiger partial charge in [0.25, 0.3) is 0 Å². The van der Waals surface area contributed by atoms with Crippen LogP contribution in [0.5, 0.6) is 0 Å². The molecule has 2 nitrogen and oxygen atoms in total. The summed E-state index contributed by atoms with van der Waals surface area (Å²) in [6.07, 6.45) is 7.54. The molecule has 2 aliphatic rings. The number of nitrogens with zero attached hydrogens (tertiary/aromatic N) is 1. The van der Waals surface area contributed by atoms with Crippen LogP contribution in [0.15, 0.2) is 12.7 Å². The third-order valence-electron chi connectivity index (χ3n) is 3.71. The average molecular weight is 208 g/mol. The predicted molar refractivity (Wildman–Crippen MR) is 65.0 cm³/mol. The molecule has 86 valence electrons. The first-order valence-corrected chi connectivity index (χ1v) is 6.43. The minimum absolute atomic E-state index is 0.713. The Labute approximate surface area is 93.7 Å². The van der Waals surface area contributed by atoms with Gasteiger partial charge in [-0.2, -0.15) is 0 Å². The van der Waals surface area contributed by atoms with Gasteiger partial charge < -0.3 is 5.32 Å². The van der Waals surface area contributed by atoms with Gasteiger partial charge in [0.2, 0.25) is 0 Å². The minimum Gasteiger partial charge on any atom is -0.311 e. The first-order chi connectivity index (χ1) is 7.35. The number of hydrogen-bond acceptors (Lipinski definition) is 2. The quantitative estimate of drug-likeness (QED) is 0.695. The van der Waals surface area contributed by atoms with Gasteiger partial charge in [-0.25, -0.2) is 0 Å². The van der Waals surface area contributed by atoms with E-state index in [2.05, 4.69) is 29.8 Å². The molecule has 2 unspecified atom stereocenters. The minimum atomic E-state index is 0.713. The van der Waals surface area contributed by atoms with E-state index in [0.717, 1.165) is 18.5 Å². The maximum absolute atomic E-state index is 3.88. The van der Waals surface area contributed by atoms with E-state index >= 15 is 0 Å². The molecule has 1 saturated carbocycles. The van der Waals surface area contributed by atoms with Gasteiger partial charge in [0.1, 0.15) is 0 Å². The largest absolute Gasteiger partial charge is 0.311 e. The molecule has 2 fully saturated rings. The Morgan fingerprint density at radius 1 is 1.47 bits per heavy atom. The molecule has 0 spiro atoms. The lowest BCUT2D eigenvalue weighted by atomic mass is 10.0. The Hall–Kier alpha value is -0.340. The SMILES string of the molecule is C=CCN1CC(CCC)NCC1C1CC1. The van der Waals surface area contributed by atoms with Crippen LogP contribution in [0.25, 0.3) is 0 Å². The fourth-order valence-corrected chi connectivity index (χ4v) is 2.76. The van der Waals surface area contributed by atoms with Gasteiger partial charge in [0.15, 0.2) is 0 Å². The average Bonchev–Trinajstić information content (AvgIpc) is 3.03. The summed E-state index contributed by atoms with van der Waals surface area (Å²) in [5, 5.41) is 3.70. The van der Waals surface area contributed by atoms with Crippen molar-refractivity contribution in [2.24, 2.45) is 5.92 Å². The van der Waals surface area contributed by atoms with E-state index in [0.29, 0.717) is 6.04 Å². The van der Waals surface area contributed by atoms with Gasteiger partial charge in [-0.05, 0) is 25.2 Å². The predicted octanol–water partition coefficient (Wildman–Crippen LogP) is 2.02. The lowest BCUT2D eigenvalue weighted by Crippen LogP contribution is -2.57. The van der Waals surface area contributed by atoms with E-state index in [1.165, 1.54) is 38.8 Å². The molecule has 0 aromatic heterocycles. The fraction of sp³-hybridized carbons (Fsp3) is 0.846. The normalized spacial score (nSPS) is 32.9. The first-order valence-electron chi connectivity index (χ1n) is 6.43. The zero-order chi connectivity index (χ0) is 10.7. The van der Waals surface area contributed by atoms with Crippen molar-refractivity contribution in [3.8, 4) is 0 Å². The fourth-order valence-electron chi connectivity index (χ4n) is 2.76. The van der Waals surface area contributed by atoms with Crippen LogP contribution >= 0.6 is 0 Å². The Morgan fingerprint density at radius 3 is 2.87 bits per heavy atom. The molecule has 15 heavy (non-hydrogen) atoms. The number of rotatable bonds is 5. The van der Waals surface area contributed by atoms with Crippen molar-refractivity contribution in [3.63, 3.8) is 0 Å². The molecule has 2 rings (SSSR count). The highest BCUT2D eigenvalue weighted by Gasteiger charge is 2.37. The smallest absolute Gasteiger partial charge is 0.0252 e. The van der Waals surface area contributed by atoms with Gasteiger partial charge >= 0.3 is 0 Å². The van der Waals surface area contributed by atoms with Crippen molar-refractivity contribution in [2.45, 2.75) is 44.7 Å². The molecule has 0 aromatic carbocycles. The van der Waals surface area contributed by atoms with Crippen molar-refractivity contribution in [3.05, 3.63) is 12.7 Å².